The molecule has 3 aromatic carbocycles. The molecular formula is C83H102Cl2N18O13. The number of hydrogen-bond donors (Lipinski definition) is 13. The Morgan fingerprint density at radius 1 is 0.534 bits per heavy atom. The number of halogens is 2. The van der Waals surface area contributed by atoms with Gasteiger partial charge in [-0.2, -0.15) is 0 Å². The topological polar surface area (TPSA) is 469 Å². The molecule has 6 heterocycles. The Kier molecular flexibility index (Phi) is 32.8. The summed E-state index contributed by atoms with van der Waals surface area (Å²) in [6.07, 6.45) is 12.8. The van der Waals surface area contributed by atoms with E-state index >= 15 is 24.0 Å². The monoisotopic (exact) mass is 1630 g/mol. The number of unbranched alkanes of at least 4 members (excludes halogenated alkanes) is 2. The molecular weight excluding hydrogens is 1530 g/mol. The van der Waals surface area contributed by atoms with Gasteiger partial charge in [0.2, 0.25) is 70.9 Å². The van der Waals surface area contributed by atoms with Crippen molar-refractivity contribution in [3.63, 3.8) is 0 Å². The fourth-order valence-corrected chi connectivity index (χ4v) is 14.7. The fourth-order valence-electron chi connectivity index (χ4n) is 14.4. The number of likely N-dealkylation sites (tertiary alicyclic amines) is 2. The lowest BCUT2D eigenvalue weighted by Gasteiger charge is -2.32. The van der Waals surface area contributed by atoms with Crippen molar-refractivity contribution in [2.75, 3.05) is 19.6 Å². The lowest BCUT2D eigenvalue weighted by Crippen LogP contribution is -2.61. The van der Waals surface area contributed by atoms with Crippen LogP contribution >= 0.6 is 23.2 Å². The van der Waals surface area contributed by atoms with Gasteiger partial charge in [-0.15, -0.1) is 0 Å². The number of rotatable bonds is 41. The normalized spacial score (nSPS) is 16.8. The van der Waals surface area contributed by atoms with Crippen molar-refractivity contribution in [1.29, 1.82) is 0 Å². The van der Waals surface area contributed by atoms with E-state index < -0.39 is 150 Å². The Hall–Kier alpha value is -11.7. The maximum absolute atomic E-state index is 15.5. The number of fused-ring (bicyclic) bond motifs is 1. The number of hydrogen-bond acceptors (Lipinski definition) is 17. The highest BCUT2D eigenvalue weighted by molar-refractivity contribution is 6.42. The van der Waals surface area contributed by atoms with Gasteiger partial charge in [-0.3, -0.25) is 77.3 Å². The van der Waals surface area contributed by atoms with Crippen molar-refractivity contribution in [2.45, 2.75) is 196 Å². The third-order valence-corrected chi connectivity index (χ3v) is 21.2. The van der Waals surface area contributed by atoms with Crippen LogP contribution in [0.5, 0.6) is 0 Å². The summed E-state index contributed by atoms with van der Waals surface area (Å²) in [6.45, 7) is 7.59. The van der Waals surface area contributed by atoms with Crippen LogP contribution < -0.4 is 65.1 Å². The van der Waals surface area contributed by atoms with Gasteiger partial charge in [-0.1, -0.05) is 124 Å². The van der Waals surface area contributed by atoms with Crippen molar-refractivity contribution in [3.8, 4) is 0 Å². The summed E-state index contributed by atoms with van der Waals surface area (Å²) in [5.41, 5.74) is 21.5. The second kappa shape index (κ2) is 43.1. The van der Waals surface area contributed by atoms with E-state index in [-0.39, 0.29) is 92.7 Å². The molecule has 4 aromatic heterocycles. The van der Waals surface area contributed by atoms with E-state index in [0.29, 0.717) is 82.9 Å². The second-order valence-corrected chi connectivity index (χ2v) is 30.5. The number of carbonyl (C=O) groups is 13. The molecule has 0 bridgehead atoms. The Bertz CT molecular complexity index is 4590. The van der Waals surface area contributed by atoms with E-state index in [2.05, 4.69) is 67.8 Å². The number of amides is 13. The third kappa shape index (κ3) is 25.2. The van der Waals surface area contributed by atoms with Gasteiger partial charge in [-0.05, 0) is 134 Å². The van der Waals surface area contributed by atoms with Gasteiger partial charge in [0.25, 0.3) is 5.91 Å². The number of nitrogens with zero attached hydrogens (tertiary/aromatic N) is 5. The molecule has 33 heteroatoms. The molecule has 616 valence electrons. The van der Waals surface area contributed by atoms with E-state index in [1.54, 1.807) is 109 Å². The van der Waals surface area contributed by atoms with Crippen LogP contribution in [0.2, 0.25) is 10.0 Å². The zero-order valence-corrected chi connectivity index (χ0v) is 66.7. The van der Waals surface area contributed by atoms with Crippen LogP contribution in [0.3, 0.4) is 0 Å². The summed E-state index contributed by atoms with van der Waals surface area (Å²) in [4.78, 5) is 205. The van der Waals surface area contributed by atoms with Crippen LogP contribution in [-0.2, 0) is 83.2 Å². The van der Waals surface area contributed by atoms with Crippen LogP contribution in [0.4, 0.5) is 0 Å². The Morgan fingerprint density at radius 2 is 1.12 bits per heavy atom. The molecule has 0 saturated carbocycles. The zero-order chi connectivity index (χ0) is 83.5. The predicted molar refractivity (Wildman–Crippen MR) is 434 cm³/mol. The number of nitrogens with one attached hydrogen (secondary N) is 10. The molecule has 7 aromatic rings. The minimum Gasteiger partial charge on any atom is -0.370 e. The summed E-state index contributed by atoms with van der Waals surface area (Å²) in [6, 6.07) is 15.2. The SMILES string of the molecule is CCCC[C@H](NC(=O)[C@H](CC(C)C)NC(=O)[C@@H](Cc1cccnc1)NC(=O)[C@H](Cc1ccccc1)NC(=O)[C@@H](Cc1c[nH]c2ccccc12)NC(=O)[C@H](CC(N)=O)NC(=O)[C@@H](Cc1ccc(Cl)c(Cl)c1)NC(=O)[C@@H]1C(c2cccnc2)CCN1C(=O)[C@H](C)NC(=O)[C@@H]1CCCN1C(=O)[C@H](N)CCCCNC(=O)c1cccnc1)C(N)=O. The number of primary amides is 2. The van der Waals surface area contributed by atoms with Crippen molar-refractivity contribution in [2.24, 2.45) is 23.1 Å². The summed E-state index contributed by atoms with van der Waals surface area (Å²) in [5, 5.41) is 25.7. The first-order valence-electron chi connectivity index (χ1n) is 39.0. The first-order valence-corrected chi connectivity index (χ1v) is 39.8. The van der Waals surface area contributed by atoms with Gasteiger partial charge in [0.15, 0.2) is 0 Å². The minimum absolute atomic E-state index is 0.0201. The van der Waals surface area contributed by atoms with Crippen LogP contribution in [0.15, 0.2) is 153 Å². The number of para-hydroxylation sites is 1. The fraction of sp³-hybridized carbons (Fsp3) is 0.422. The highest BCUT2D eigenvalue weighted by atomic mass is 35.5. The first kappa shape index (κ1) is 88.3. The van der Waals surface area contributed by atoms with Crippen LogP contribution in [-0.4, -0.2) is 193 Å². The highest BCUT2D eigenvalue weighted by Gasteiger charge is 2.47. The zero-order valence-electron chi connectivity index (χ0n) is 65.2. The van der Waals surface area contributed by atoms with Gasteiger partial charge >= 0.3 is 0 Å². The molecule has 0 radical (unpaired) electrons. The lowest BCUT2D eigenvalue weighted by atomic mass is 9.91. The predicted octanol–water partition coefficient (Wildman–Crippen LogP) is 3.73. The van der Waals surface area contributed by atoms with E-state index in [4.69, 9.17) is 40.4 Å². The number of nitrogens with two attached hydrogens (primary N) is 3. The van der Waals surface area contributed by atoms with Gasteiger partial charge in [0, 0.05) is 106 Å². The van der Waals surface area contributed by atoms with E-state index in [9.17, 15) is 38.4 Å². The van der Waals surface area contributed by atoms with Crippen molar-refractivity contribution < 1.29 is 62.3 Å². The number of benzene rings is 3. The molecule has 9 rings (SSSR count). The quantitative estimate of drug-likeness (QED) is 0.0243. The van der Waals surface area contributed by atoms with Crippen molar-refractivity contribution in [1.82, 2.24) is 77.6 Å². The summed E-state index contributed by atoms with van der Waals surface area (Å²) < 4.78 is 0. The molecule has 12 atom stereocenters. The maximum Gasteiger partial charge on any atom is 0.252 e. The molecule has 2 aliphatic heterocycles. The highest BCUT2D eigenvalue weighted by Crippen LogP contribution is 2.35. The van der Waals surface area contributed by atoms with Crippen LogP contribution in [0.1, 0.15) is 142 Å². The van der Waals surface area contributed by atoms with Gasteiger partial charge in [0.1, 0.15) is 60.4 Å². The van der Waals surface area contributed by atoms with Crippen LogP contribution in [0, 0.1) is 5.92 Å². The molecule has 2 aliphatic rings. The first-order chi connectivity index (χ1) is 55.7. The van der Waals surface area contributed by atoms with E-state index in [1.165, 1.54) is 59.8 Å². The maximum atomic E-state index is 15.5. The standard InChI is InChI=1S/C83H102Cl2N18O13/c1-5-6-25-62(72(88)105)95-74(107)63(37-48(2)3)96-77(110)66(41-52-20-14-31-89-44-52)98-75(108)64(39-50-18-8-7-9-19-50)97-78(111)67(42-55-47-93-61-26-11-10-23-56(55)61)99-79(112)68(43-70(87)104)100-76(109)65(40-51-28-29-58(84)59(85)38-51)101-81(114)71-57(53-21-15-32-90-45-53)30-36-103(71)82(115)49(4)94-80(113)69-27-17-35-102(69)83(116)60(86)24-12-13-34-92-73(106)54-22-16-33-91-46-54/h7-11,14-16,18-23,26,28-29,31-33,38,44-49,57,60,62-69,71,93H,5-6,12-13,17,24-25,27,30,34-37,39-43,86H2,1-4H3,(H2,87,104)(H2,88,105)(H,92,106)(H,94,113)(H,95,107)(H,96,110)(H,97,111)(H,98,108)(H,99,112)(H,100,109)(H,101,114)/t49-,57?,60+,62-,63-,64-,65+,66+,67+,68-,69-,71-/m0/s1. The molecule has 31 nitrogen and oxygen atoms in total. The average Bonchev–Trinajstić information content (AvgIpc) is 1.63. The van der Waals surface area contributed by atoms with Gasteiger partial charge < -0.3 is 79.8 Å². The summed E-state index contributed by atoms with van der Waals surface area (Å²) in [7, 11) is 0. The second-order valence-electron chi connectivity index (χ2n) is 29.7. The molecule has 1 unspecified atom stereocenters. The van der Waals surface area contributed by atoms with Crippen molar-refractivity contribution in [3.05, 3.63) is 196 Å². The summed E-state index contributed by atoms with van der Waals surface area (Å²) in [5.74, 6) is -11.1. The molecule has 13 amide bonds. The van der Waals surface area contributed by atoms with E-state index in [1.807, 2.05) is 20.8 Å². The number of pyridine rings is 3. The largest absolute Gasteiger partial charge is 0.370 e. The Morgan fingerprint density at radius 3 is 1.75 bits per heavy atom. The smallest absolute Gasteiger partial charge is 0.252 e. The number of aromatic amines is 1. The molecule has 0 aliphatic carbocycles. The third-order valence-electron chi connectivity index (χ3n) is 20.5. The lowest BCUT2D eigenvalue weighted by molar-refractivity contribution is -0.144. The number of aromatic nitrogens is 4. The van der Waals surface area contributed by atoms with Crippen molar-refractivity contribution >= 4 is 111 Å². The van der Waals surface area contributed by atoms with Gasteiger partial charge in [-0.25, -0.2) is 0 Å². The van der Waals surface area contributed by atoms with Gasteiger partial charge in [0.05, 0.1) is 28.1 Å². The average molecular weight is 1630 g/mol. The van der Waals surface area contributed by atoms with E-state index in [0.717, 1.165) is 0 Å². The Labute approximate surface area is 682 Å². The molecule has 116 heavy (non-hydrogen) atoms. The minimum atomic E-state index is -1.88. The number of carbonyl (C=O) groups excluding carboxylic acids is 13. The van der Waals surface area contributed by atoms with Crippen LogP contribution in [0.25, 0.3) is 10.9 Å². The molecule has 2 saturated heterocycles. The molecule has 16 N–H and O–H groups in total. The Balaban J connectivity index is 0.957. The summed E-state index contributed by atoms with van der Waals surface area (Å²) >= 11 is 12.9. The molecule has 2 fully saturated rings. The number of H-pyrrole nitrogens is 1. The molecule has 0 spiro atoms.